The molecule has 0 radical (unpaired) electrons. The van der Waals surface area contributed by atoms with Gasteiger partial charge in [0.1, 0.15) is 11.4 Å². The minimum atomic E-state index is -0.486. The van der Waals surface area contributed by atoms with Crippen molar-refractivity contribution in [3.05, 3.63) is 40.8 Å². The summed E-state index contributed by atoms with van der Waals surface area (Å²) in [5.74, 6) is 1.43. The first-order valence-corrected chi connectivity index (χ1v) is 9.43. The Hall–Kier alpha value is -1.82. The summed E-state index contributed by atoms with van der Waals surface area (Å²) in [6, 6.07) is 8.38. The highest BCUT2D eigenvalue weighted by molar-refractivity contribution is 9.10. The van der Waals surface area contributed by atoms with E-state index in [1.165, 1.54) is 0 Å². The number of hydrogen-bond donors (Lipinski definition) is 1. The number of amides is 1. The van der Waals surface area contributed by atoms with Crippen molar-refractivity contribution >= 4 is 22.0 Å². The number of piperidine rings is 1. The van der Waals surface area contributed by atoms with Gasteiger partial charge in [0.15, 0.2) is 0 Å². The summed E-state index contributed by atoms with van der Waals surface area (Å²) in [5, 5.41) is 0. The van der Waals surface area contributed by atoms with Crippen LogP contribution in [0.3, 0.4) is 0 Å². The molecule has 1 aliphatic heterocycles. The van der Waals surface area contributed by atoms with E-state index in [2.05, 4.69) is 25.9 Å². The van der Waals surface area contributed by atoms with Gasteiger partial charge in [-0.05, 0) is 57.2 Å². The van der Waals surface area contributed by atoms with Crippen LogP contribution in [0.2, 0.25) is 0 Å². The molecule has 1 aliphatic carbocycles. The van der Waals surface area contributed by atoms with Crippen LogP contribution in [0, 0.1) is 5.92 Å². The smallest absolute Gasteiger partial charge is 0.411 e. The molecule has 1 aromatic heterocycles. The van der Waals surface area contributed by atoms with Gasteiger partial charge in [-0.2, -0.15) is 0 Å². The molecule has 25 heavy (non-hydrogen) atoms. The highest BCUT2D eigenvalue weighted by atomic mass is 79.9. The minimum Gasteiger partial charge on any atom is -0.444 e. The first-order valence-electron chi connectivity index (χ1n) is 8.64. The number of carbonyl (C=O) groups excluding carboxylic acids is 1. The number of aromatic nitrogens is 2. The van der Waals surface area contributed by atoms with E-state index in [4.69, 9.17) is 4.74 Å². The molecule has 1 amide bonds. The summed E-state index contributed by atoms with van der Waals surface area (Å²) < 4.78 is 6.66. The molecule has 2 aromatic rings. The van der Waals surface area contributed by atoms with Crippen molar-refractivity contribution in [1.82, 2.24) is 14.9 Å². The number of imidazole rings is 1. The maximum atomic E-state index is 12.7. The van der Waals surface area contributed by atoms with E-state index >= 15 is 0 Å². The van der Waals surface area contributed by atoms with Gasteiger partial charge in [-0.25, -0.2) is 9.78 Å². The molecule has 1 saturated heterocycles. The van der Waals surface area contributed by atoms with E-state index in [1.807, 2.05) is 56.1 Å². The van der Waals surface area contributed by atoms with E-state index in [1.54, 1.807) is 0 Å². The highest BCUT2D eigenvalue weighted by Crippen LogP contribution is 2.53. The summed E-state index contributed by atoms with van der Waals surface area (Å²) in [4.78, 5) is 22.5. The lowest BCUT2D eigenvalue weighted by Gasteiger charge is -2.29. The van der Waals surface area contributed by atoms with Crippen molar-refractivity contribution in [3.8, 4) is 11.3 Å². The first-order chi connectivity index (χ1) is 11.8. The minimum absolute atomic E-state index is 0.0252. The van der Waals surface area contributed by atoms with Crippen LogP contribution in [0.4, 0.5) is 4.79 Å². The Kier molecular flexibility index (Phi) is 3.90. The summed E-state index contributed by atoms with van der Waals surface area (Å²) in [6.45, 7) is 5.71. The van der Waals surface area contributed by atoms with Crippen LogP contribution >= 0.6 is 15.9 Å². The quantitative estimate of drug-likeness (QED) is 0.774. The molecule has 2 aliphatic rings. The SMILES string of the molecule is CC(C)(C)OC(=O)N1C2C[C@@H]2C[C@H]1c1ncc(-c2ccc(Br)cc2)[nH]1. The fourth-order valence-electron chi connectivity index (χ4n) is 3.56. The number of nitrogens with zero attached hydrogens (tertiary/aromatic N) is 2. The number of H-pyrrole nitrogens is 1. The van der Waals surface area contributed by atoms with Crippen LogP contribution in [0.15, 0.2) is 34.9 Å². The molecule has 1 saturated carbocycles. The summed E-state index contributed by atoms with van der Waals surface area (Å²) in [5.41, 5.74) is 1.56. The Labute approximate surface area is 155 Å². The maximum Gasteiger partial charge on any atom is 0.411 e. The van der Waals surface area contributed by atoms with Gasteiger partial charge >= 0.3 is 6.09 Å². The second-order valence-electron chi connectivity index (χ2n) is 7.89. The van der Waals surface area contributed by atoms with Gasteiger partial charge in [0.05, 0.1) is 17.9 Å². The maximum absolute atomic E-state index is 12.7. The van der Waals surface area contributed by atoms with Crippen molar-refractivity contribution in [2.24, 2.45) is 5.92 Å². The molecular formula is C19H22BrN3O2. The summed E-state index contributed by atoms with van der Waals surface area (Å²) in [7, 11) is 0. The average molecular weight is 404 g/mol. The third-order valence-corrected chi connectivity index (χ3v) is 5.30. The monoisotopic (exact) mass is 403 g/mol. The molecule has 1 unspecified atom stereocenters. The Balaban J connectivity index is 1.57. The van der Waals surface area contributed by atoms with Gasteiger partial charge in [-0.15, -0.1) is 0 Å². The van der Waals surface area contributed by atoms with Crippen molar-refractivity contribution in [2.75, 3.05) is 0 Å². The molecule has 3 atom stereocenters. The van der Waals surface area contributed by atoms with Gasteiger partial charge in [-0.3, -0.25) is 4.90 Å². The molecule has 132 valence electrons. The van der Waals surface area contributed by atoms with Crippen molar-refractivity contribution < 1.29 is 9.53 Å². The van der Waals surface area contributed by atoms with Crippen LogP contribution in [0.25, 0.3) is 11.3 Å². The van der Waals surface area contributed by atoms with Gasteiger partial charge < -0.3 is 9.72 Å². The fraction of sp³-hybridized carbons (Fsp3) is 0.474. The van der Waals surface area contributed by atoms with E-state index < -0.39 is 5.60 Å². The lowest BCUT2D eigenvalue weighted by molar-refractivity contribution is 0.0175. The normalized spacial score (nSPS) is 25.0. The fourth-order valence-corrected chi connectivity index (χ4v) is 3.82. The van der Waals surface area contributed by atoms with Crippen molar-refractivity contribution in [3.63, 3.8) is 0 Å². The van der Waals surface area contributed by atoms with Gasteiger partial charge in [-0.1, -0.05) is 28.1 Å². The Bertz CT molecular complexity index is 794. The second kappa shape index (κ2) is 5.87. The Morgan fingerprint density at radius 3 is 2.68 bits per heavy atom. The predicted molar refractivity (Wildman–Crippen MR) is 99.0 cm³/mol. The summed E-state index contributed by atoms with van der Waals surface area (Å²) in [6.07, 6.45) is 3.65. The molecule has 2 fully saturated rings. The summed E-state index contributed by atoms with van der Waals surface area (Å²) >= 11 is 3.45. The third kappa shape index (κ3) is 3.32. The second-order valence-corrected chi connectivity index (χ2v) is 8.81. The number of aromatic amines is 1. The van der Waals surface area contributed by atoms with Crippen molar-refractivity contribution in [1.29, 1.82) is 0 Å². The highest BCUT2D eigenvalue weighted by Gasteiger charge is 2.56. The first kappa shape index (κ1) is 16.6. The molecule has 4 rings (SSSR count). The molecule has 5 nitrogen and oxygen atoms in total. The largest absolute Gasteiger partial charge is 0.444 e. The van der Waals surface area contributed by atoms with Crippen molar-refractivity contribution in [2.45, 2.75) is 51.3 Å². The predicted octanol–water partition coefficient (Wildman–Crippen LogP) is 4.91. The van der Waals surface area contributed by atoms with E-state index in [-0.39, 0.29) is 12.1 Å². The van der Waals surface area contributed by atoms with E-state index in [9.17, 15) is 4.79 Å². The molecule has 6 heteroatoms. The lowest BCUT2D eigenvalue weighted by atomic mass is 10.1. The zero-order chi connectivity index (χ0) is 17.8. The number of nitrogens with one attached hydrogen (secondary N) is 1. The van der Waals surface area contributed by atoms with Crippen LogP contribution in [0.5, 0.6) is 0 Å². The zero-order valence-corrected chi connectivity index (χ0v) is 16.2. The number of halogens is 1. The Morgan fingerprint density at radius 2 is 2.00 bits per heavy atom. The van der Waals surface area contributed by atoms with Gasteiger partial charge in [0, 0.05) is 10.5 Å². The molecule has 2 heterocycles. The Morgan fingerprint density at radius 1 is 1.28 bits per heavy atom. The van der Waals surface area contributed by atoms with Crippen LogP contribution in [-0.4, -0.2) is 32.6 Å². The molecule has 1 N–H and O–H groups in total. The van der Waals surface area contributed by atoms with Crippen LogP contribution in [-0.2, 0) is 4.74 Å². The molecule has 1 aromatic carbocycles. The lowest BCUT2D eigenvalue weighted by Crippen LogP contribution is -2.38. The van der Waals surface area contributed by atoms with E-state index in [0.717, 1.165) is 34.4 Å². The molecule has 0 spiro atoms. The van der Waals surface area contributed by atoms with Gasteiger partial charge in [0.2, 0.25) is 0 Å². The zero-order valence-electron chi connectivity index (χ0n) is 14.6. The number of ether oxygens (including phenoxy) is 1. The number of rotatable bonds is 2. The third-order valence-electron chi connectivity index (χ3n) is 4.78. The van der Waals surface area contributed by atoms with Crippen LogP contribution < -0.4 is 0 Å². The van der Waals surface area contributed by atoms with Gasteiger partial charge in [0.25, 0.3) is 0 Å². The number of carbonyl (C=O) groups is 1. The van der Waals surface area contributed by atoms with Crippen LogP contribution in [0.1, 0.15) is 45.5 Å². The number of hydrogen-bond acceptors (Lipinski definition) is 3. The topological polar surface area (TPSA) is 58.2 Å². The molecular weight excluding hydrogens is 382 g/mol. The number of benzene rings is 1. The standard InChI is InChI=1S/C19H22BrN3O2/c1-19(2,3)25-18(24)23-15-8-12(15)9-16(23)17-21-10-14(22-17)11-4-6-13(20)7-5-11/h4-7,10,12,15-16H,8-9H2,1-3H3,(H,21,22)/t12-,15?,16+/m1/s1. The molecule has 0 bridgehead atoms. The van der Waals surface area contributed by atoms with E-state index in [0.29, 0.717) is 12.0 Å². The number of fused-ring (bicyclic) bond motifs is 1. The number of likely N-dealkylation sites (tertiary alicyclic amines) is 1. The average Bonchev–Trinajstić information content (AvgIpc) is 2.97.